The van der Waals surface area contributed by atoms with Gasteiger partial charge < -0.3 is 15.4 Å². The van der Waals surface area contributed by atoms with E-state index in [1.54, 1.807) is 24.3 Å². The van der Waals surface area contributed by atoms with Crippen molar-refractivity contribution >= 4 is 23.5 Å². The molecule has 0 spiro atoms. The maximum Gasteiger partial charge on any atom is 0.407 e. The maximum atomic E-state index is 12.2. The molecule has 0 aromatic heterocycles. The van der Waals surface area contributed by atoms with Crippen molar-refractivity contribution in [3.63, 3.8) is 0 Å². The van der Waals surface area contributed by atoms with Crippen LogP contribution in [0, 0.1) is 0 Å². The van der Waals surface area contributed by atoms with Crippen LogP contribution >= 0.6 is 11.8 Å². The SMILES string of the molecule is CC(C)(C)OC(=O)NC1CC(Nc2ccc(SC(F)F)cc2)C1. The third kappa shape index (κ3) is 6.25. The number of ether oxygens (including phenoxy) is 1. The van der Waals surface area contributed by atoms with Crippen LogP contribution in [0.1, 0.15) is 33.6 Å². The van der Waals surface area contributed by atoms with Gasteiger partial charge in [-0.2, -0.15) is 8.78 Å². The third-order valence-corrected chi connectivity index (χ3v) is 4.03. The predicted octanol–water partition coefficient (Wildman–Crippen LogP) is 4.47. The summed E-state index contributed by atoms with van der Waals surface area (Å²) in [4.78, 5) is 12.2. The normalized spacial score (nSPS) is 20.8. The molecule has 1 amide bonds. The molecule has 0 bridgehead atoms. The minimum atomic E-state index is -2.40. The zero-order valence-electron chi connectivity index (χ0n) is 13.4. The third-order valence-electron chi connectivity index (χ3n) is 3.31. The highest BCUT2D eigenvalue weighted by atomic mass is 32.2. The lowest BCUT2D eigenvalue weighted by molar-refractivity contribution is 0.0475. The van der Waals surface area contributed by atoms with E-state index in [0.29, 0.717) is 16.7 Å². The zero-order valence-corrected chi connectivity index (χ0v) is 14.3. The van der Waals surface area contributed by atoms with Crippen LogP contribution in [-0.4, -0.2) is 29.5 Å². The Hall–Kier alpha value is -1.50. The fraction of sp³-hybridized carbons (Fsp3) is 0.562. The van der Waals surface area contributed by atoms with Gasteiger partial charge in [0.05, 0.1) is 0 Å². The number of amides is 1. The number of halogens is 2. The second kappa shape index (κ2) is 7.38. The fourth-order valence-corrected chi connectivity index (χ4v) is 2.80. The lowest BCUT2D eigenvalue weighted by atomic mass is 9.86. The molecule has 1 aromatic rings. The fourth-order valence-electron chi connectivity index (χ4n) is 2.30. The molecule has 1 aromatic carbocycles. The Kier molecular flexibility index (Phi) is 5.73. The molecule has 2 N–H and O–H groups in total. The summed E-state index contributed by atoms with van der Waals surface area (Å²) >= 11 is 0.535. The van der Waals surface area contributed by atoms with E-state index in [1.165, 1.54) is 0 Å². The molecule has 23 heavy (non-hydrogen) atoms. The smallest absolute Gasteiger partial charge is 0.407 e. The quantitative estimate of drug-likeness (QED) is 0.774. The van der Waals surface area contributed by atoms with E-state index >= 15 is 0 Å². The maximum absolute atomic E-state index is 12.2. The van der Waals surface area contributed by atoms with Crippen LogP contribution in [0.3, 0.4) is 0 Å². The Labute approximate surface area is 139 Å². The van der Waals surface area contributed by atoms with Crippen LogP contribution in [0.5, 0.6) is 0 Å². The molecular weight excluding hydrogens is 322 g/mol. The molecule has 1 aliphatic carbocycles. The zero-order chi connectivity index (χ0) is 17.0. The van der Waals surface area contributed by atoms with Crippen molar-refractivity contribution in [2.24, 2.45) is 0 Å². The van der Waals surface area contributed by atoms with Gasteiger partial charge in [0.1, 0.15) is 5.60 Å². The summed E-state index contributed by atoms with van der Waals surface area (Å²) in [5.74, 6) is -2.40. The number of hydrogen-bond donors (Lipinski definition) is 2. The van der Waals surface area contributed by atoms with Crippen molar-refractivity contribution in [1.29, 1.82) is 0 Å². The number of nitrogens with one attached hydrogen (secondary N) is 2. The molecule has 0 aliphatic heterocycles. The number of benzene rings is 1. The Morgan fingerprint density at radius 1 is 1.22 bits per heavy atom. The first-order chi connectivity index (χ1) is 10.7. The van der Waals surface area contributed by atoms with Crippen LogP contribution in [0.15, 0.2) is 29.2 Å². The number of carbonyl (C=O) groups excluding carboxylic acids is 1. The first-order valence-electron chi connectivity index (χ1n) is 7.52. The van der Waals surface area contributed by atoms with Gasteiger partial charge in [-0.25, -0.2) is 4.79 Å². The molecule has 0 saturated heterocycles. The minimum absolute atomic E-state index is 0.107. The van der Waals surface area contributed by atoms with Gasteiger partial charge in [0.15, 0.2) is 0 Å². The van der Waals surface area contributed by atoms with Crippen LogP contribution < -0.4 is 10.6 Å². The molecule has 128 valence electrons. The van der Waals surface area contributed by atoms with Gasteiger partial charge in [-0.15, -0.1) is 0 Å². The van der Waals surface area contributed by atoms with Gasteiger partial charge in [0.2, 0.25) is 0 Å². The largest absolute Gasteiger partial charge is 0.444 e. The molecule has 2 rings (SSSR count). The Morgan fingerprint density at radius 2 is 1.83 bits per heavy atom. The van der Waals surface area contributed by atoms with Gasteiger partial charge in [0.25, 0.3) is 5.76 Å². The van der Waals surface area contributed by atoms with Crippen LogP contribution in [0.4, 0.5) is 19.3 Å². The lowest BCUT2D eigenvalue weighted by Gasteiger charge is -2.37. The van der Waals surface area contributed by atoms with Gasteiger partial charge in [-0.05, 0) is 57.9 Å². The van der Waals surface area contributed by atoms with E-state index in [9.17, 15) is 13.6 Å². The molecule has 1 aliphatic rings. The van der Waals surface area contributed by atoms with E-state index in [-0.39, 0.29) is 12.1 Å². The molecule has 0 atom stereocenters. The van der Waals surface area contributed by atoms with E-state index in [4.69, 9.17) is 4.74 Å². The highest BCUT2D eigenvalue weighted by Gasteiger charge is 2.31. The first kappa shape index (κ1) is 17.8. The van der Waals surface area contributed by atoms with Crippen molar-refractivity contribution in [2.75, 3.05) is 5.32 Å². The summed E-state index contributed by atoms with van der Waals surface area (Å²) < 4.78 is 29.7. The monoisotopic (exact) mass is 344 g/mol. The second-order valence-electron chi connectivity index (χ2n) is 6.56. The number of alkyl carbamates (subject to hydrolysis) is 1. The number of thioether (sulfide) groups is 1. The van der Waals surface area contributed by atoms with Crippen LogP contribution in [0.25, 0.3) is 0 Å². The van der Waals surface area contributed by atoms with Crippen molar-refractivity contribution in [2.45, 2.75) is 62.0 Å². The highest BCUT2D eigenvalue weighted by molar-refractivity contribution is 7.99. The molecule has 0 heterocycles. The summed E-state index contributed by atoms with van der Waals surface area (Å²) in [6, 6.07) is 7.31. The number of hydrogen-bond acceptors (Lipinski definition) is 4. The van der Waals surface area contributed by atoms with E-state index < -0.39 is 17.5 Å². The first-order valence-corrected chi connectivity index (χ1v) is 8.40. The Bertz CT molecular complexity index is 526. The number of anilines is 1. The lowest BCUT2D eigenvalue weighted by Crippen LogP contribution is -2.50. The minimum Gasteiger partial charge on any atom is -0.444 e. The number of rotatable bonds is 5. The molecule has 1 fully saturated rings. The summed E-state index contributed by atoms with van der Waals surface area (Å²) in [5.41, 5.74) is 0.396. The van der Waals surface area contributed by atoms with E-state index in [2.05, 4.69) is 10.6 Å². The standard InChI is InChI=1S/C16H22F2N2O2S/c1-16(2,3)22-15(21)20-12-8-11(9-12)19-10-4-6-13(7-5-10)23-14(17)18/h4-7,11-12,14,19H,8-9H2,1-3H3,(H,20,21). The van der Waals surface area contributed by atoms with Crippen LogP contribution in [0.2, 0.25) is 0 Å². The molecular formula is C16H22F2N2O2S. The summed E-state index contributed by atoms with van der Waals surface area (Å²) in [6.45, 7) is 5.48. The van der Waals surface area contributed by atoms with Gasteiger partial charge >= 0.3 is 6.09 Å². The van der Waals surface area contributed by atoms with Crippen molar-refractivity contribution in [1.82, 2.24) is 5.32 Å². The summed E-state index contributed by atoms with van der Waals surface area (Å²) in [6.07, 6.45) is 1.23. The molecule has 1 saturated carbocycles. The topological polar surface area (TPSA) is 50.4 Å². The molecule has 0 radical (unpaired) electrons. The van der Waals surface area contributed by atoms with Crippen molar-refractivity contribution in [3.8, 4) is 0 Å². The van der Waals surface area contributed by atoms with E-state index in [0.717, 1.165) is 18.5 Å². The van der Waals surface area contributed by atoms with Gasteiger partial charge in [-0.3, -0.25) is 0 Å². The molecule has 4 nitrogen and oxygen atoms in total. The van der Waals surface area contributed by atoms with Crippen molar-refractivity contribution < 1.29 is 18.3 Å². The molecule has 7 heteroatoms. The summed E-state index contributed by atoms with van der Waals surface area (Å²) in [7, 11) is 0. The predicted molar refractivity (Wildman–Crippen MR) is 88.1 cm³/mol. The molecule has 0 unspecified atom stereocenters. The Balaban J connectivity index is 1.70. The van der Waals surface area contributed by atoms with Crippen LogP contribution in [-0.2, 0) is 4.74 Å². The second-order valence-corrected chi connectivity index (χ2v) is 7.62. The number of carbonyl (C=O) groups is 1. The van der Waals surface area contributed by atoms with Gasteiger partial charge in [0, 0.05) is 22.7 Å². The summed E-state index contributed by atoms with van der Waals surface area (Å²) in [5, 5.41) is 6.15. The average molecular weight is 344 g/mol. The number of alkyl halides is 2. The van der Waals surface area contributed by atoms with Gasteiger partial charge in [-0.1, -0.05) is 11.8 Å². The van der Waals surface area contributed by atoms with E-state index in [1.807, 2.05) is 20.8 Å². The average Bonchev–Trinajstić information content (AvgIpc) is 2.35. The van der Waals surface area contributed by atoms with Crippen molar-refractivity contribution in [3.05, 3.63) is 24.3 Å². The Morgan fingerprint density at radius 3 is 2.35 bits per heavy atom. The highest BCUT2D eigenvalue weighted by Crippen LogP contribution is 2.28.